The summed E-state index contributed by atoms with van der Waals surface area (Å²) in [6, 6.07) is 13.8. The number of carbonyl (C=O) groups excluding carboxylic acids is 2. The van der Waals surface area contributed by atoms with E-state index in [1.165, 1.54) is 32.1 Å². The molecule has 1 heterocycles. The fourth-order valence-electron chi connectivity index (χ4n) is 6.45. The van der Waals surface area contributed by atoms with E-state index >= 15 is 0 Å². The lowest BCUT2D eigenvalue weighted by molar-refractivity contribution is -0.0190. The van der Waals surface area contributed by atoms with E-state index in [4.69, 9.17) is 9.47 Å². The maximum atomic E-state index is 14.3. The highest BCUT2D eigenvalue weighted by Gasteiger charge is 2.31. The van der Waals surface area contributed by atoms with Gasteiger partial charge in [-0.3, -0.25) is 9.59 Å². The van der Waals surface area contributed by atoms with Crippen LogP contribution < -0.4 is 10.1 Å². The highest BCUT2D eigenvalue weighted by atomic mass is 16.5. The molecule has 242 valence electrons. The van der Waals surface area contributed by atoms with E-state index < -0.39 is 6.04 Å². The Morgan fingerprint density at radius 3 is 2.48 bits per heavy atom. The second-order valence-electron chi connectivity index (χ2n) is 13.1. The Kier molecular flexibility index (Phi) is 13.1. The van der Waals surface area contributed by atoms with Crippen LogP contribution in [0.3, 0.4) is 0 Å². The molecule has 0 bridgehead atoms. The van der Waals surface area contributed by atoms with E-state index in [0.29, 0.717) is 35.7 Å². The Balaban J connectivity index is 1.59. The number of ether oxygens (including phenoxy) is 2. The van der Waals surface area contributed by atoms with Gasteiger partial charge in [0.15, 0.2) is 0 Å². The zero-order valence-corrected chi connectivity index (χ0v) is 27.2. The molecule has 4 rings (SSSR count). The second kappa shape index (κ2) is 16.9. The van der Waals surface area contributed by atoms with Crippen molar-refractivity contribution >= 4 is 17.5 Å². The van der Waals surface area contributed by atoms with Gasteiger partial charge < -0.3 is 29.7 Å². The number of anilines is 1. The molecule has 1 aliphatic heterocycles. The summed E-state index contributed by atoms with van der Waals surface area (Å²) in [6.45, 7) is 8.84. The fourth-order valence-corrected chi connectivity index (χ4v) is 6.45. The Hall–Kier alpha value is -2.94. The minimum Gasteiger partial charge on any atom is -0.490 e. The summed E-state index contributed by atoms with van der Waals surface area (Å²) in [4.78, 5) is 31.4. The predicted molar refractivity (Wildman–Crippen MR) is 175 cm³/mol. The quantitative estimate of drug-likeness (QED) is 0.369. The number of benzene rings is 2. The summed E-state index contributed by atoms with van der Waals surface area (Å²) < 4.78 is 12.9. The molecule has 2 N–H and O–H groups in total. The molecule has 0 saturated heterocycles. The highest BCUT2D eigenvalue weighted by Crippen LogP contribution is 2.29. The predicted octanol–water partition coefficient (Wildman–Crippen LogP) is 6.25. The first-order valence-electron chi connectivity index (χ1n) is 16.6. The molecule has 0 aromatic heterocycles. The lowest BCUT2D eigenvalue weighted by Gasteiger charge is -2.36. The summed E-state index contributed by atoms with van der Waals surface area (Å²) in [6.07, 6.45) is 9.19. The van der Waals surface area contributed by atoms with Crippen LogP contribution in [-0.4, -0.2) is 84.9 Å². The van der Waals surface area contributed by atoms with Crippen LogP contribution in [-0.2, 0) is 4.74 Å². The first-order chi connectivity index (χ1) is 21.2. The average molecular weight is 608 g/mol. The zero-order valence-electron chi connectivity index (χ0n) is 27.2. The minimum atomic E-state index is -0.411. The number of hydrogen-bond acceptors (Lipinski definition) is 6. The number of rotatable bonds is 8. The molecule has 2 aromatic carbocycles. The van der Waals surface area contributed by atoms with Crippen LogP contribution in [0.2, 0.25) is 0 Å². The van der Waals surface area contributed by atoms with Gasteiger partial charge in [0.1, 0.15) is 5.75 Å². The summed E-state index contributed by atoms with van der Waals surface area (Å²) in [5, 5.41) is 13.2. The first kappa shape index (κ1) is 33.9. The third kappa shape index (κ3) is 9.78. The van der Waals surface area contributed by atoms with Crippen molar-refractivity contribution in [2.24, 2.45) is 11.8 Å². The second-order valence-corrected chi connectivity index (χ2v) is 13.1. The zero-order chi connectivity index (χ0) is 31.5. The fraction of sp³-hybridized carbons (Fsp3) is 0.611. The number of aliphatic hydroxyl groups excluding tert-OH is 1. The van der Waals surface area contributed by atoms with Crippen molar-refractivity contribution in [3.8, 4) is 5.75 Å². The van der Waals surface area contributed by atoms with E-state index in [0.717, 1.165) is 38.3 Å². The van der Waals surface area contributed by atoms with E-state index in [1.807, 2.05) is 32.0 Å². The van der Waals surface area contributed by atoms with Gasteiger partial charge in [0.2, 0.25) is 0 Å². The van der Waals surface area contributed by atoms with Gasteiger partial charge in [0, 0.05) is 43.4 Å². The molecule has 8 heteroatoms. The number of likely N-dealkylation sites (N-methyl/N-ethyl adjacent to an activating group) is 1. The average Bonchev–Trinajstić information content (AvgIpc) is 3.03. The molecular weight excluding hydrogens is 554 g/mol. The molecule has 1 fully saturated rings. The molecular formula is C36H53N3O5. The smallest absolute Gasteiger partial charge is 0.258 e. The van der Waals surface area contributed by atoms with Gasteiger partial charge in [-0.15, -0.1) is 0 Å². The van der Waals surface area contributed by atoms with E-state index in [-0.39, 0.29) is 36.5 Å². The molecule has 2 amide bonds. The third-order valence-corrected chi connectivity index (χ3v) is 9.13. The van der Waals surface area contributed by atoms with Crippen molar-refractivity contribution in [2.45, 2.75) is 90.4 Å². The molecule has 8 nitrogen and oxygen atoms in total. The number of aliphatic hydroxyl groups is 1. The number of amides is 2. The molecule has 1 aliphatic carbocycles. The summed E-state index contributed by atoms with van der Waals surface area (Å²) in [5.41, 5.74) is 1.42. The molecule has 0 unspecified atom stereocenters. The molecule has 44 heavy (non-hydrogen) atoms. The molecule has 2 aromatic rings. The third-order valence-electron chi connectivity index (χ3n) is 9.13. The van der Waals surface area contributed by atoms with E-state index in [9.17, 15) is 14.7 Å². The van der Waals surface area contributed by atoms with Gasteiger partial charge >= 0.3 is 0 Å². The standard InChI is InChI=1S/C36H53N3O5/c1-26-22-39(27(2)25-40)36(42)32-21-31(37-35(41)30-16-9-6-10-17-30)18-19-33(32)44-28(3)13-11-12-20-43-34(26)24-38(4)23-29-14-7-5-8-15-29/h6,9-10,16-19,21,26-29,34,40H,5,7-8,11-15,20,22-25H2,1-4H3,(H,37,41)/t26-,27-,28-,34-/m0/s1. The topological polar surface area (TPSA) is 91.3 Å². The molecule has 0 spiro atoms. The van der Waals surface area contributed by atoms with Crippen molar-refractivity contribution in [1.29, 1.82) is 0 Å². The SMILES string of the molecule is C[C@H]1CCCCO[C@@H](CN(C)CC2CCCCC2)[C@@H](C)CN([C@@H](C)CO)C(=O)c2cc(NC(=O)c3ccccc3)ccc2O1. The monoisotopic (exact) mass is 607 g/mol. The number of nitrogens with zero attached hydrogens (tertiary/aromatic N) is 2. The summed E-state index contributed by atoms with van der Waals surface area (Å²) in [5.74, 6) is 0.779. The number of carbonyl (C=O) groups is 2. The number of nitrogens with one attached hydrogen (secondary N) is 1. The van der Waals surface area contributed by atoms with Crippen LogP contribution in [0.4, 0.5) is 5.69 Å². The molecule has 1 saturated carbocycles. The Labute approximate surface area is 264 Å². The largest absolute Gasteiger partial charge is 0.490 e. The lowest BCUT2D eigenvalue weighted by atomic mass is 9.89. The van der Waals surface area contributed by atoms with Gasteiger partial charge in [0.05, 0.1) is 30.4 Å². The highest BCUT2D eigenvalue weighted by molar-refractivity contribution is 6.05. The van der Waals surface area contributed by atoms with Crippen LogP contribution in [0.1, 0.15) is 92.9 Å². The lowest BCUT2D eigenvalue weighted by Crippen LogP contribution is -2.47. The summed E-state index contributed by atoms with van der Waals surface area (Å²) >= 11 is 0. The van der Waals surface area contributed by atoms with Gasteiger partial charge in [-0.05, 0) is 89.2 Å². The first-order valence-corrected chi connectivity index (χ1v) is 16.6. The van der Waals surface area contributed by atoms with Crippen molar-refractivity contribution in [3.05, 3.63) is 59.7 Å². The van der Waals surface area contributed by atoms with Crippen LogP contribution in [0.25, 0.3) is 0 Å². The van der Waals surface area contributed by atoms with Gasteiger partial charge in [-0.25, -0.2) is 0 Å². The van der Waals surface area contributed by atoms with Crippen molar-refractivity contribution in [3.63, 3.8) is 0 Å². The van der Waals surface area contributed by atoms with E-state index in [1.54, 1.807) is 35.2 Å². The maximum absolute atomic E-state index is 14.3. The molecule has 4 atom stereocenters. The van der Waals surface area contributed by atoms with Gasteiger partial charge in [0.25, 0.3) is 11.8 Å². The van der Waals surface area contributed by atoms with Crippen molar-refractivity contribution < 1.29 is 24.2 Å². The number of fused-ring (bicyclic) bond motifs is 1. The number of hydrogen-bond donors (Lipinski definition) is 2. The molecule has 2 aliphatic rings. The Morgan fingerprint density at radius 1 is 1.02 bits per heavy atom. The van der Waals surface area contributed by atoms with Crippen LogP contribution in [0, 0.1) is 11.8 Å². The van der Waals surface area contributed by atoms with Crippen molar-refractivity contribution in [1.82, 2.24) is 9.80 Å². The summed E-state index contributed by atoms with van der Waals surface area (Å²) in [7, 11) is 2.19. The van der Waals surface area contributed by atoms with Crippen molar-refractivity contribution in [2.75, 3.05) is 45.2 Å². The Bertz CT molecular complexity index is 1190. The van der Waals surface area contributed by atoms with E-state index in [2.05, 4.69) is 24.2 Å². The maximum Gasteiger partial charge on any atom is 0.258 e. The van der Waals surface area contributed by atoms with Crippen LogP contribution in [0.15, 0.2) is 48.5 Å². The van der Waals surface area contributed by atoms with Gasteiger partial charge in [-0.1, -0.05) is 44.4 Å². The minimum absolute atomic E-state index is 0.0361. The Morgan fingerprint density at radius 2 is 1.75 bits per heavy atom. The van der Waals surface area contributed by atoms with Gasteiger partial charge in [-0.2, -0.15) is 0 Å². The molecule has 0 radical (unpaired) electrons. The normalized spacial score (nSPS) is 23.4. The van der Waals surface area contributed by atoms with Crippen LogP contribution in [0.5, 0.6) is 5.75 Å². The van der Waals surface area contributed by atoms with Crippen LogP contribution >= 0.6 is 0 Å².